The second-order valence-corrected chi connectivity index (χ2v) is 4.51. The molecule has 0 amide bonds. The molecule has 3 rings (SSSR count). The molecular formula is C15H15N3O. The molecule has 4 nitrogen and oxygen atoms in total. The molecule has 0 saturated carbocycles. The lowest BCUT2D eigenvalue weighted by Crippen LogP contribution is -1.99. The Hall–Kier alpha value is -2.36. The van der Waals surface area contributed by atoms with Gasteiger partial charge in [0.15, 0.2) is 0 Å². The van der Waals surface area contributed by atoms with Crippen LogP contribution < -0.4 is 4.74 Å². The van der Waals surface area contributed by atoms with Crippen LogP contribution in [0.15, 0.2) is 36.7 Å². The van der Waals surface area contributed by atoms with Gasteiger partial charge in [-0.3, -0.25) is 4.98 Å². The normalized spacial score (nSPS) is 10.9. The van der Waals surface area contributed by atoms with Crippen LogP contribution in [-0.4, -0.2) is 21.6 Å². The number of rotatable bonds is 2. The average Bonchev–Trinajstić information content (AvgIpc) is 2.83. The fraction of sp³-hybridized carbons (Fsp3) is 0.200. The van der Waals surface area contributed by atoms with Crippen molar-refractivity contribution in [2.24, 2.45) is 0 Å². The predicted molar refractivity (Wildman–Crippen MR) is 74.9 cm³/mol. The van der Waals surface area contributed by atoms with Crippen LogP contribution in [-0.2, 0) is 0 Å². The van der Waals surface area contributed by atoms with E-state index >= 15 is 0 Å². The van der Waals surface area contributed by atoms with E-state index in [0.717, 1.165) is 33.9 Å². The first kappa shape index (κ1) is 11.7. The Morgan fingerprint density at radius 3 is 2.68 bits per heavy atom. The first-order chi connectivity index (χ1) is 9.19. The Kier molecular flexibility index (Phi) is 2.71. The van der Waals surface area contributed by atoms with Gasteiger partial charge in [0.2, 0.25) is 0 Å². The van der Waals surface area contributed by atoms with Crippen LogP contribution in [0.3, 0.4) is 0 Å². The zero-order valence-corrected chi connectivity index (χ0v) is 11.2. The fourth-order valence-corrected chi connectivity index (χ4v) is 2.28. The molecule has 0 bridgehead atoms. The van der Waals surface area contributed by atoms with Gasteiger partial charge in [0.25, 0.3) is 0 Å². The molecule has 0 radical (unpaired) electrons. The van der Waals surface area contributed by atoms with Crippen molar-refractivity contribution in [1.82, 2.24) is 14.5 Å². The highest BCUT2D eigenvalue weighted by Crippen LogP contribution is 2.26. The van der Waals surface area contributed by atoms with Gasteiger partial charge in [-0.2, -0.15) is 0 Å². The van der Waals surface area contributed by atoms with Gasteiger partial charge < -0.3 is 9.30 Å². The van der Waals surface area contributed by atoms with E-state index in [0.29, 0.717) is 0 Å². The maximum Gasteiger partial charge on any atom is 0.121 e. The van der Waals surface area contributed by atoms with Crippen LogP contribution in [0.1, 0.15) is 11.5 Å². The molecule has 0 saturated heterocycles. The van der Waals surface area contributed by atoms with Crippen molar-refractivity contribution in [2.75, 3.05) is 7.11 Å². The molecule has 0 aliphatic heterocycles. The van der Waals surface area contributed by atoms with Crippen molar-refractivity contribution in [3.8, 4) is 11.4 Å². The minimum absolute atomic E-state index is 0.818. The summed E-state index contributed by atoms with van der Waals surface area (Å²) in [6.45, 7) is 3.99. The number of aromatic nitrogens is 3. The van der Waals surface area contributed by atoms with Crippen LogP contribution in [0.5, 0.6) is 5.75 Å². The Labute approximate surface area is 111 Å². The molecule has 0 aliphatic rings. The number of ether oxygens (including phenoxy) is 1. The molecule has 0 atom stereocenters. The van der Waals surface area contributed by atoms with Crippen LogP contribution >= 0.6 is 0 Å². The average molecular weight is 253 g/mol. The van der Waals surface area contributed by atoms with Crippen LogP contribution in [0.25, 0.3) is 16.6 Å². The van der Waals surface area contributed by atoms with Gasteiger partial charge in [0, 0.05) is 29.5 Å². The Balaban J connectivity index is 2.33. The SMILES string of the molecule is COc1ccc2c(-n3ccnc3C)cc(C)nc2c1. The minimum atomic E-state index is 0.818. The summed E-state index contributed by atoms with van der Waals surface area (Å²) >= 11 is 0. The summed E-state index contributed by atoms with van der Waals surface area (Å²) in [4.78, 5) is 8.85. The number of imidazole rings is 1. The van der Waals surface area contributed by atoms with Gasteiger partial charge in [0.1, 0.15) is 11.6 Å². The number of nitrogens with zero attached hydrogens (tertiary/aromatic N) is 3. The Bertz CT molecular complexity index is 746. The Morgan fingerprint density at radius 1 is 1.16 bits per heavy atom. The molecule has 19 heavy (non-hydrogen) atoms. The summed E-state index contributed by atoms with van der Waals surface area (Å²) in [7, 11) is 1.66. The van der Waals surface area contributed by atoms with Gasteiger partial charge in [-0.05, 0) is 32.0 Å². The molecule has 96 valence electrons. The third-order valence-electron chi connectivity index (χ3n) is 3.21. The molecule has 0 unspecified atom stereocenters. The van der Waals surface area contributed by atoms with Crippen LogP contribution in [0.4, 0.5) is 0 Å². The smallest absolute Gasteiger partial charge is 0.121 e. The summed E-state index contributed by atoms with van der Waals surface area (Å²) in [6, 6.07) is 8.02. The van der Waals surface area contributed by atoms with Gasteiger partial charge in [0.05, 0.1) is 18.3 Å². The van der Waals surface area contributed by atoms with Crippen molar-refractivity contribution in [3.63, 3.8) is 0 Å². The van der Waals surface area contributed by atoms with Crippen molar-refractivity contribution in [2.45, 2.75) is 13.8 Å². The highest BCUT2D eigenvalue weighted by Gasteiger charge is 2.08. The van der Waals surface area contributed by atoms with Crippen molar-refractivity contribution < 1.29 is 4.74 Å². The lowest BCUT2D eigenvalue weighted by atomic mass is 10.1. The second kappa shape index (κ2) is 4.39. The molecule has 1 aromatic carbocycles. The van der Waals surface area contributed by atoms with Crippen LogP contribution in [0, 0.1) is 13.8 Å². The number of hydrogen-bond acceptors (Lipinski definition) is 3. The summed E-state index contributed by atoms with van der Waals surface area (Å²) in [5, 5.41) is 1.09. The monoisotopic (exact) mass is 253 g/mol. The Morgan fingerprint density at radius 2 is 2.00 bits per heavy atom. The third-order valence-corrected chi connectivity index (χ3v) is 3.21. The first-order valence-corrected chi connectivity index (χ1v) is 6.15. The van der Waals surface area contributed by atoms with Gasteiger partial charge in [-0.15, -0.1) is 0 Å². The molecule has 4 heteroatoms. The molecule has 2 aromatic heterocycles. The van der Waals surface area contributed by atoms with E-state index in [2.05, 4.69) is 20.6 Å². The van der Waals surface area contributed by atoms with E-state index in [1.807, 2.05) is 38.2 Å². The molecule has 0 N–H and O–H groups in total. The minimum Gasteiger partial charge on any atom is -0.497 e. The predicted octanol–water partition coefficient (Wildman–Crippen LogP) is 3.05. The highest BCUT2D eigenvalue weighted by atomic mass is 16.5. The number of pyridine rings is 1. The maximum atomic E-state index is 5.26. The summed E-state index contributed by atoms with van der Waals surface area (Å²) < 4.78 is 7.33. The molecule has 0 spiro atoms. The number of hydrogen-bond donors (Lipinski definition) is 0. The molecular weight excluding hydrogens is 238 g/mol. The number of fused-ring (bicyclic) bond motifs is 1. The van der Waals surface area contributed by atoms with E-state index in [1.54, 1.807) is 13.3 Å². The molecule has 0 aliphatic carbocycles. The standard InChI is InChI=1S/C15H15N3O/c1-10-8-15(18-7-6-16-11(18)2)13-5-4-12(19-3)9-14(13)17-10/h4-9H,1-3H3. The second-order valence-electron chi connectivity index (χ2n) is 4.51. The van der Waals surface area contributed by atoms with Crippen molar-refractivity contribution in [1.29, 1.82) is 0 Å². The lowest BCUT2D eigenvalue weighted by Gasteiger charge is -2.11. The largest absolute Gasteiger partial charge is 0.497 e. The zero-order valence-electron chi connectivity index (χ0n) is 11.2. The maximum absolute atomic E-state index is 5.26. The lowest BCUT2D eigenvalue weighted by molar-refractivity contribution is 0.415. The molecule has 0 fully saturated rings. The summed E-state index contributed by atoms with van der Waals surface area (Å²) in [6.07, 6.45) is 3.77. The van der Waals surface area contributed by atoms with E-state index in [1.165, 1.54) is 0 Å². The number of benzene rings is 1. The number of aryl methyl sites for hydroxylation is 2. The quantitative estimate of drug-likeness (QED) is 0.704. The van der Waals surface area contributed by atoms with Crippen molar-refractivity contribution >= 4 is 10.9 Å². The zero-order chi connectivity index (χ0) is 13.4. The highest BCUT2D eigenvalue weighted by molar-refractivity contribution is 5.88. The van der Waals surface area contributed by atoms with Crippen LogP contribution in [0.2, 0.25) is 0 Å². The van der Waals surface area contributed by atoms with E-state index in [-0.39, 0.29) is 0 Å². The summed E-state index contributed by atoms with van der Waals surface area (Å²) in [5.41, 5.74) is 3.01. The van der Waals surface area contributed by atoms with Gasteiger partial charge in [-0.1, -0.05) is 0 Å². The van der Waals surface area contributed by atoms with E-state index < -0.39 is 0 Å². The third kappa shape index (κ3) is 1.95. The summed E-state index contributed by atoms with van der Waals surface area (Å²) in [5.74, 6) is 1.78. The van der Waals surface area contributed by atoms with Gasteiger partial charge >= 0.3 is 0 Å². The van der Waals surface area contributed by atoms with Crippen molar-refractivity contribution in [3.05, 3.63) is 48.2 Å². The van der Waals surface area contributed by atoms with E-state index in [9.17, 15) is 0 Å². The van der Waals surface area contributed by atoms with Gasteiger partial charge in [-0.25, -0.2) is 4.98 Å². The number of methoxy groups -OCH3 is 1. The van der Waals surface area contributed by atoms with E-state index in [4.69, 9.17) is 4.74 Å². The topological polar surface area (TPSA) is 39.9 Å². The first-order valence-electron chi connectivity index (χ1n) is 6.15. The molecule has 3 aromatic rings. The fourth-order valence-electron chi connectivity index (χ4n) is 2.28. The molecule has 2 heterocycles.